The van der Waals surface area contributed by atoms with Crippen molar-refractivity contribution < 1.29 is 4.42 Å². The summed E-state index contributed by atoms with van der Waals surface area (Å²) in [5, 5.41) is 7.26. The van der Waals surface area contributed by atoms with Gasteiger partial charge in [0.1, 0.15) is 11.2 Å². The molecule has 0 N–H and O–H groups in total. The number of hydrogen-bond acceptors (Lipinski definition) is 1. The number of aromatic nitrogens is 2. The van der Waals surface area contributed by atoms with Crippen LogP contribution in [0.2, 0.25) is 0 Å². The molecule has 56 heavy (non-hydrogen) atoms. The first-order valence-electron chi connectivity index (χ1n) is 19.9. The van der Waals surface area contributed by atoms with Gasteiger partial charge in [-0.05, 0) is 126 Å². The number of para-hydroxylation sites is 3. The number of rotatable bonds is 5. The second-order valence-electron chi connectivity index (χ2n) is 15.7. The largest absolute Gasteiger partial charge is 0.456 e. The van der Waals surface area contributed by atoms with Crippen molar-refractivity contribution in [3.05, 3.63) is 181 Å². The van der Waals surface area contributed by atoms with Gasteiger partial charge in [-0.3, -0.25) is 0 Å². The van der Waals surface area contributed by atoms with E-state index >= 15 is 0 Å². The lowest BCUT2D eigenvalue weighted by Crippen LogP contribution is -2.10. The molecule has 0 amide bonds. The third-order valence-corrected chi connectivity index (χ3v) is 12.5. The molecule has 3 heterocycles. The zero-order valence-corrected chi connectivity index (χ0v) is 31.2. The maximum atomic E-state index is 6.34. The SMILES string of the molecule is Cc1cc2c3ccccc3n(-c3cccc(-c4cccc(-n5c6ccccc6c6cc7oc8ccccc8c7cc65)c4)c3)c2cc1-c1ccccc1C1CCC1. The van der Waals surface area contributed by atoms with Gasteiger partial charge in [0.2, 0.25) is 0 Å². The van der Waals surface area contributed by atoms with Crippen molar-refractivity contribution in [3.63, 3.8) is 0 Å². The summed E-state index contributed by atoms with van der Waals surface area (Å²) in [5.41, 5.74) is 16.8. The molecule has 3 aromatic heterocycles. The Labute approximate surface area is 324 Å². The molecule has 3 heteroatoms. The van der Waals surface area contributed by atoms with E-state index in [1.165, 1.54) is 96.3 Å². The highest BCUT2D eigenvalue weighted by Crippen LogP contribution is 2.44. The average Bonchev–Trinajstić information content (AvgIpc) is 3.86. The molecule has 0 radical (unpaired) electrons. The number of aryl methyl sites for hydroxylation is 1. The molecule has 0 bridgehead atoms. The quantitative estimate of drug-likeness (QED) is 0.174. The molecular formula is C53H38N2O. The Bertz CT molecular complexity index is 3370. The fourth-order valence-corrected chi connectivity index (χ4v) is 9.62. The van der Waals surface area contributed by atoms with Crippen LogP contribution in [0.25, 0.3) is 99.2 Å². The standard InChI is InChI=1S/C53H38N2O/c1-33-27-45-41-21-4-7-24-48(41)54(50(45)30-44(33)40-20-3-2-19-39(40)34-13-10-14-34)37-17-11-15-35(28-37)36-16-12-18-38(29-36)55-49-25-8-5-22-42(49)46-32-53-47(31-51(46)55)43-23-6-9-26-52(43)56-53/h2-9,11-12,15-32,34H,10,13-14H2,1H3. The van der Waals surface area contributed by atoms with Crippen LogP contribution in [-0.2, 0) is 0 Å². The van der Waals surface area contributed by atoms with Crippen molar-refractivity contribution in [2.75, 3.05) is 0 Å². The zero-order chi connectivity index (χ0) is 36.9. The minimum Gasteiger partial charge on any atom is -0.456 e. The van der Waals surface area contributed by atoms with E-state index in [2.05, 4.69) is 180 Å². The van der Waals surface area contributed by atoms with Crippen LogP contribution in [0.15, 0.2) is 174 Å². The van der Waals surface area contributed by atoms with Crippen LogP contribution in [0, 0.1) is 6.92 Å². The predicted molar refractivity (Wildman–Crippen MR) is 235 cm³/mol. The van der Waals surface area contributed by atoms with Gasteiger partial charge < -0.3 is 13.6 Å². The second-order valence-corrected chi connectivity index (χ2v) is 15.7. The van der Waals surface area contributed by atoms with E-state index in [1.54, 1.807) is 0 Å². The molecule has 12 rings (SSSR count). The maximum absolute atomic E-state index is 6.34. The van der Waals surface area contributed by atoms with E-state index in [4.69, 9.17) is 4.42 Å². The van der Waals surface area contributed by atoms with E-state index in [9.17, 15) is 0 Å². The van der Waals surface area contributed by atoms with Crippen molar-refractivity contribution in [1.82, 2.24) is 9.13 Å². The Morgan fingerprint density at radius 3 is 1.70 bits per heavy atom. The van der Waals surface area contributed by atoms with E-state index < -0.39 is 0 Å². The molecule has 0 saturated heterocycles. The van der Waals surface area contributed by atoms with Crippen molar-refractivity contribution in [1.29, 1.82) is 0 Å². The highest BCUT2D eigenvalue weighted by Gasteiger charge is 2.24. The molecule has 3 nitrogen and oxygen atoms in total. The maximum Gasteiger partial charge on any atom is 0.136 e. The molecule has 1 fully saturated rings. The lowest BCUT2D eigenvalue weighted by molar-refractivity contribution is 0.420. The van der Waals surface area contributed by atoms with Crippen LogP contribution in [0.4, 0.5) is 0 Å². The van der Waals surface area contributed by atoms with Gasteiger partial charge in [0.25, 0.3) is 0 Å². The first kappa shape index (κ1) is 31.5. The number of furan rings is 1. The summed E-state index contributed by atoms with van der Waals surface area (Å²) in [7, 11) is 0. The molecule has 1 aliphatic rings. The van der Waals surface area contributed by atoms with Crippen LogP contribution in [0.3, 0.4) is 0 Å². The number of fused-ring (bicyclic) bond motifs is 9. The lowest BCUT2D eigenvalue weighted by atomic mass is 9.77. The van der Waals surface area contributed by atoms with Gasteiger partial charge in [0.05, 0.1) is 22.1 Å². The second kappa shape index (κ2) is 12.1. The summed E-state index contributed by atoms with van der Waals surface area (Å²) in [5.74, 6) is 0.661. The average molecular weight is 719 g/mol. The summed E-state index contributed by atoms with van der Waals surface area (Å²) in [4.78, 5) is 0. The zero-order valence-electron chi connectivity index (χ0n) is 31.2. The highest BCUT2D eigenvalue weighted by molar-refractivity contribution is 6.17. The van der Waals surface area contributed by atoms with Gasteiger partial charge in [0.15, 0.2) is 0 Å². The number of nitrogens with zero attached hydrogens (tertiary/aromatic N) is 2. The first-order valence-corrected chi connectivity index (χ1v) is 19.9. The molecule has 11 aromatic rings. The Hall–Kier alpha value is -6.84. The van der Waals surface area contributed by atoms with Crippen molar-refractivity contribution in [2.45, 2.75) is 32.1 Å². The summed E-state index contributed by atoms with van der Waals surface area (Å²) in [6.45, 7) is 2.28. The third kappa shape index (κ3) is 4.64. The van der Waals surface area contributed by atoms with Gasteiger partial charge in [-0.25, -0.2) is 0 Å². The van der Waals surface area contributed by atoms with Crippen LogP contribution < -0.4 is 0 Å². The molecule has 0 atom stereocenters. The molecule has 0 spiro atoms. The Balaban J connectivity index is 1.03. The van der Waals surface area contributed by atoms with Gasteiger partial charge in [0, 0.05) is 43.7 Å². The predicted octanol–water partition coefficient (Wildman–Crippen LogP) is 14.7. The molecule has 0 aliphatic heterocycles. The minimum atomic E-state index is 0.661. The molecule has 1 aliphatic carbocycles. The van der Waals surface area contributed by atoms with Crippen molar-refractivity contribution in [2.24, 2.45) is 0 Å². The van der Waals surface area contributed by atoms with Gasteiger partial charge in [-0.1, -0.05) is 110 Å². The number of hydrogen-bond donors (Lipinski definition) is 0. The first-order chi connectivity index (χ1) is 27.7. The lowest BCUT2D eigenvalue weighted by Gasteiger charge is -2.28. The smallest absolute Gasteiger partial charge is 0.136 e. The van der Waals surface area contributed by atoms with E-state index in [0.717, 1.165) is 33.3 Å². The van der Waals surface area contributed by atoms with Crippen molar-refractivity contribution >= 4 is 65.6 Å². The monoisotopic (exact) mass is 718 g/mol. The third-order valence-electron chi connectivity index (χ3n) is 12.5. The van der Waals surface area contributed by atoms with E-state index in [-0.39, 0.29) is 0 Å². The molecule has 8 aromatic carbocycles. The van der Waals surface area contributed by atoms with Crippen LogP contribution in [0.5, 0.6) is 0 Å². The molecule has 266 valence electrons. The number of benzene rings is 8. The van der Waals surface area contributed by atoms with Crippen LogP contribution >= 0.6 is 0 Å². The topological polar surface area (TPSA) is 23.0 Å². The fraction of sp³-hybridized carbons (Fsp3) is 0.0943. The summed E-state index contributed by atoms with van der Waals surface area (Å²) >= 11 is 0. The van der Waals surface area contributed by atoms with Crippen LogP contribution in [-0.4, -0.2) is 9.13 Å². The van der Waals surface area contributed by atoms with E-state index in [1.807, 2.05) is 6.07 Å². The normalized spacial score (nSPS) is 13.5. The molecule has 1 saturated carbocycles. The fourth-order valence-electron chi connectivity index (χ4n) is 9.62. The van der Waals surface area contributed by atoms with Gasteiger partial charge in [-0.2, -0.15) is 0 Å². The Morgan fingerprint density at radius 2 is 1.02 bits per heavy atom. The van der Waals surface area contributed by atoms with E-state index in [0.29, 0.717) is 5.92 Å². The molecule has 0 unspecified atom stereocenters. The molecular weight excluding hydrogens is 681 g/mol. The summed E-state index contributed by atoms with van der Waals surface area (Å²) in [6, 6.07) is 62.5. The highest BCUT2D eigenvalue weighted by atomic mass is 16.3. The Morgan fingerprint density at radius 1 is 0.429 bits per heavy atom. The van der Waals surface area contributed by atoms with Gasteiger partial charge >= 0.3 is 0 Å². The van der Waals surface area contributed by atoms with Crippen LogP contribution in [0.1, 0.15) is 36.3 Å². The summed E-state index contributed by atoms with van der Waals surface area (Å²) in [6.07, 6.45) is 3.90. The Kier molecular flexibility index (Phi) is 6.80. The minimum absolute atomic E-state index is 0.661. The summed E-state index contributed by atoms with van der Waals surface area (Å²) < 4.78 is 11.2. The van der Waals surface area contributed by atoms with Crippen molar-refractivity contribution in [3.8, 4) is 33.6 Å². The van der Waals surface area contributed by atoms with Gasteiger partial charge in [-0.15, -0.1) is 0 Å².